The maximum atomic E-state index is 9.94. The second-order valence-corrected chi connectivity index (χ2v) is 1.20. The van der Waals surface area contributed by atoms with Gasteiger partial charge in [0, 0.05) is 6.07 Å². The monoisotopic (exact) mass is 111 g/mol. The standard InChI is InChI=1S/C5H3O3/c6-5(7)4-2-1-3-8-4/h1,3H,(H,6,7). The van der Waals surface area contributed by atoms with Gasteiger partial charge in [0.1, 0.15) is 0 Å². The summed E-state index contributed by atoms with van der Waals surface area (Å²) in [7, 11) is 0. The molecule has 3 nitrogen and oxygen atoms in total. The molecule has 1 rings (SSSR count). The minimum absolute atomic E-state index is 0.148. The summed E-state index contributed by atoms with van der Waals surface area (Å²) >= 11 is 0. The van der Waals surface area contributed by atoms with Gasteiger partial charge in [-0.05, 0) is 6.07 Å². The SMILES string of the molecule is O=C(O)c1[c]cco1. The van der Waals surface area contributed by atoms with E-state index in [1.807, 2.05) is 0 Å². The Kier molecular flexibility index (Phi) is 1.04. The normalized spacial score (nSPS) is 9.00. The third-order valence-corrected chi connectivity index (χ3v) is 0.663. The zero-order valence-corrected chi connectivity index (χ0v) is 3.92. The van der Waals surface area contributed by atoms with Crippen LogP contribution in [0, 0.1) is 6.07 Å². The summed E-state index contributed by atoms with van der Waals surface area (Å²) in [6.07, 6.45) is 1.27. The van der Waals surface area contributed by atoms with Crippen molar-refractivity contribution in [1.82, 2.24) is 0 Å². The summed E-state index contributed by atoms with van der Waals surface area (Å²) < 4.78 is 4.44. The number of carboxylic acids is 1. The molecule has 0 unspecified atom stereocenters. The van der Waals surface area contributed by atoms with Crippen LogP contribution >= 0.6 is 0 Å². The van der Waals surface area contributed by atoms with Crippen LogP contribution in [0.1, 0.15) is 10.6 Å². The number of carboxylic acid groups (broad SMARTS) is 1. The third-order valence-electron chi connectivity index (χ3n) is 0.663. The molecule has 0 saturated heterocycles. The van der Waals surface area contributed by atoms with E-state index < -0.39 is 5.97 Å². The fraction of sp³-hybridized carbons (Fsp3) is 0. The van der Waals surface area contributed by atoms with Crippen LogP contribution in [0.25, 0.3) is 0 Å². The molecule has 1 aromatic heterocycles. The molecule has 1 N–H and O–H groups in total. The highest BCUT2D eigenvalue weighted by Crippen LogP contribution is 1.96. The van der Waals surface area contributed by atoms with Gasteiger partial charge in [-0.15, -0.1) is 0 Å². The largest absolute Gasteiger partial charge is 0.475 e. The molecule has 0 atom stereocenters. The Bertz CT molecular complexity index is 176. The molecule has 0 spiro atoms. The molecule has 1 aromatic rings. The Labute approximate surface area is 45.5 Å². The first-order valence-electron chi connectivity index (χ1n) is 1.99. The summed E-state index contributed by atoms with van der Waals surface area (Å²) in [6, 6.07) is 3.78. The number of furan rings is 1. The van der Waals surface area contributed by atoms with E-state index in [0.717, 1.165) is 0 Å². The molecule has 1 radical (unpaired) electrons. The Morgan fingerprint density at radius 3 is 2.88 bits per heavy atom. The Morgan fingerprint density at radius 1 is 1.88 bits per heavy atom. The number of hydrogen-bond acceptors (Lipinski definition) is 2. The molecule has 0 amide bonds. The number of aromatic carboxylic acids is 1. The molecule has 3 heteroatoms. The average Bonchev–Trinajstić information content (AvgIpc) is 2.12. The van der Waals surface area contributed by atoms with Crippen LogP contribution < -0.4 is 0 Å². The first kappa shape index (κ1) is 4.90. The first-order chi connectivity index (χ1) is 3.80. The van der Waals surface area contributed by atoms with Crippen molar-refractivity contribution < 1.29 is 14.3 Å². The van der Waals surface area contributed by atoms with Crippen LogP contribution in [0.5, 0.6) is 0 Å². The lowest BCUT2D eigenvalue weighted by atomic mass is 10.5. The van der Waals surface area contributed by atoms with E-state index >= 15 is 0 Å². The van der Waals surface area contributed by atoms with Crippen molar-refractivity contribution in [2.24, 2.45) is 0 Å². The van der Waals surface area contributed by atoms with Gasteiger partial charge < -0.3 is 9.52 Å². The van der Waals surface area contributed by atoms with Crippen molar-refractivity contribution in [1.29, 1.82) is 0 Å². The molecule has 0 aliphatic rings. The predicted octanol–water partition coefficient (Wildman–Crippen LogP) is 0.778. The summed E-state index contributed by atoms with van der Waals surface area (Å²) in [5, 5.41) is 8.15. The Morgan fingerprint density at radius 2 is 2.62 bits per heavy atom. The lowest BCUT2D eigenvalue weighted by Gasteiger charge is -1.78. The second kappa shape index (κ2) is 1.69. The number of hydrogen-bond donors (Lipinski definition) is 1. The van der Waals surface area contributed by atoms with Crippen molar-refractivity contribution in [3.05, 3.63) is 24.2 Å². The maximum Gasteiger partial charge on any atom is 0.372 e. The topological polar surface area (TPSA) is 50.4 Å². The molecule has 8 heavy (non-hydrogen) atoms. The van der Waals surface area contributed by atoms with E-state index in [1.165, 1.54) is 12.3 Å². The van der Waals surface area contributed by atoms with Gasteiger partial charge in [-0.1, -0.05) is 0 Å². The molecule has 0 aromatic carbocycles. The van der Waals surface area contributed by atoms with Crippen molar-refractivity contribution in [3.63, 3.8) is 0 Å². The number of rotatable bonds is 1. The Balaban J connectivity index is 2.93. The van der Waals surface area contributed by atoms with E-state index in [1.54, 1.807) is 0 Å². The minimum atomic E-state index is -1.09. The fourth-order valence-electron chi connectivity index (χ4n) is 0.358. The Hall–Kier alpha value is -1.25. The molecule has 1 heterocycles. The third kappa shape index (κ3) is 0.703. The minimum Gasteiger partial charge on any atom is -0.475 e. The average molecular weight is 111 g/mol. The predicted molar refractivity (Wildman–Crippen MR) is 24.5 cm³/mol. The lowest BCUT2D eigenvalue weighted by molar-refractivity contribution is 0.0662. The maximum absolute atomic E-state index is 9.94. The van der Waals surface area contributed by atoms with Crippen molar-refractivity contribution in [2.75, 3.05) is 0 Å². The van der Waals surface area contributed by atoms with Crippen LogP contribution in [0.4, 0.5) is 0 Å². The van der Waals surface area contributed by atoms with E-state index in [4.69, 9.17) is 5.11 Å². The summed E-state index contributed by atoms with van der Waals surface area (Å²) in [5.74, 6) is -1.24. The van der Waals surface area contributed by atoms with Gasteiger partial charge in [0.15, 0.2) is 0 Å². The summed E-state index contributed by atoms with van der Waals surface area (Å²) in [4.78, 5) is 9.94. The highest BCUT2D eigenvalue weighted by atomic mass is 16.4. The molecule has 0 saturated carbocycles. The smallest absolute Gasteiger partial charge is 0.372 e. The highest BCUT2D eigenvalue weighted by Gasteiger charge is 2.02. The zero-order chi connectivity index (χ0) is 5.98. The zero-order valence-electron chi connectivity index (χ0n) is 3.92. The van der Waals surface area contributed by atoms with Gasteiger partial charge in [0.05, 0.1) is 6.26 Å². The van der Waals surface area contributed by atoms with Crippen molar-refractivity contribution in [2.45, 2.75) is 0 Å². The van der Waals surface area contributed by atoms with Crippen molar-refractivity contribution >= 4 is 5.97 Å². The molecular formula is C5H3O3. The van der Waals surface area contributed by atoms with Gasteiger partial charge in [0.25, 0.3) is 0 Å². The summed E-state index contributed by atoms with van der Waals surface area (Å²) in [6.45, 7) is 0. The first-order valence-corrected chi connectivity index (χ1v) is 1.99. The van der Waals surface area contributed by atoms with Gasteiger partial charge in [0.2, 0.25) is 5.76 Å². The van der Waals surface area contributed by atoms with Gasteiger partial charge in [-0.3, -0.25) is 0 Å². The quantitative estimate of drug-likeness (QED) is 0.582. The molecular weight excluding hydrogens is 108 g/mol. The molecule has 0 aliphatic heterocycles. The molecule has 41 valence electrons. The van der Waals surface area contributed by atoms with E-state index in [-0.39, 0.29) is 5.76 Å². The van der Waals surface area contributed by atoms with E-state index in [0.29, 0.717) is 0 Å². The van der Waals surface area contributed by atoms with Crippen LogP contribution in [0.3, 0.4) is 0 Å². The van der Waals surface area contributed by atoms with E-state index in [9.17, 15) is 4.79 Å². The highest BCUT2D eigenvalue weighted by molar-refractivity contribution is 5.83. The van der Waals surface area contributed by atoms with Crippen LogP contribution in [0.15, 0.2) is 16.7 Å². The van der Waals surface area contributed by atoms with Crippen LogP contribution in [-0.4, -0.2) is 11.1 Å². The van der Waals surface area contributed by atoms with Gasteiger partial charge in [-0.2, -0.15) is 0 Å². The molecule has 0 bridgehead atoms. The van der Waals surface area contributed by atoms with E-state index in [2.05, 4.69) is 10.5 Å². The van der Waals surface area contributed by atoms with Crippen molar-refractivity contribution in [3.8, 4) is 0 Å². The van der Waals surface area contributed by atoms with Crippen LogP contribution in [-0.2, 0) is 0 Å². The van der Waals surface area contributed by atoms with Crippen LogP contribution in [0.2, 0.25) is 0 Å². The number of carbonyl (C=O) groups is 1. The fourth-order valence-corrected chi connectivity index (χ4v) is 0.358. The second-order valence-electron chi connectivity index (χ2n) is 1.20. The van der Waals surface area contributed by atoms with Gasteiger partial charge >= 0.3 is 5.97 Å². The summed E-state index contributed by atoms with van der Waals surface area (Å²) in [5.41, 5.74) is 0. The molecule has 0 aliphatic carbocycles. The van der Waals surface area contributed by atoms with Gasteiger partial charge in [-0.25, -0.2) is 4.79 Å². The lowest BCUT2D eigenvalue weighted by Crippen LogP contribution is -1.91. The molecule has 0 fully saturated rings.